The summed E-state index contributed by atoms with van der Waals surface area (Å²) < 4.78 is 17.9. The van der Waals surface area contributed by atoms with Crippen LogP contribution >= 0.6 is 0 Å². The minimum Gasteiger partial charge on any atom is -0.389 e. The highest BCUT2D eigenvalue weighted by molar-refractivity contribution is 4.94. The lowest BCUT2D eigenvalue weighted by Gasteiger charge is -2.13. The van der Waals surface area contributed by atoms with Gasteiger partial charge in [0.25, 0.3) is 0 Å². The van der Waals surface area contributed by atoms with Gasteiger partial charge in [0.1, 0.15) is 5.69 Å². The molecule has 0 bridgehead atoms. The van der Waals surface area contributed by atoms with E-state index in [0.29, 0.717) is 38.7 Å². The molecule has 0 saturated carbocycles. The van der Waals surface area contributed by atoms with E-state index in [4.69, 9.17) is 14.2 Å². The molecule has 122 valence electrons. The van der Waals surface area contributed by atoms with Crippen molar-refractivity contribution in [3.8, 4) is 0 Å². The molecule has 7 nitrogen and oxygen atoms in total. The van der Waals surface area contributed by atoms with Gasteiger partial charge in [0.15, 0.2) is 0 Å². The SMILES string of the molecule is CCCCOCC(O)Cn1cc(C(OCC)OCC)nn1. The van der Waals surface area contributed by atoms with Gasteiger partial charge in [-0.3, -0.25) is 0 Å². The van der Waals surface area contributed by atoms with E-state index in [2.05, 4.69) is 17.2 Å². The van der Waals surface area contributed by atoms with E-state index < -0.39 is 12.4 Å². The fourth-order valence-electron chi connectivity index (χ4n) is 1.77. The molecular weight excluding hydrogens is 274 g/mol. The second-order valence-electron chi connectivity index (χ2n) is 4.69. The van der Waals surface area contributed by atoms with Gasteiger partial charge in [0.05, 0.1) is 25.5 Å². The summed E-state index contributed by atoms with van der Waals surface area (Å²) in [5.41, 5.74) is 0.609. The Morgan fingerprint density at radius 3 is 2.57 bits per heavy atom. The van der Waals surface area contributed by atoms with Crippen molar-refractivity contribution in [3.05, 3.63) is 11.9 Å². The van der Waals surface area contributed by atoms with E-state index in [1.165, 1.54) is 0 Å². The van der Waals surface area contributed by atoms with Gasteiger partial charge in [-0.1, -0.05) is 18.6 Å². The van der Waals surface area contributed by atoms with Crippen molar-refractivity contribution in [2.75, 3.05) is 26.4 Å². The van der Waals surface area contributed by atoms with Gasteiger partial charge >= 0.3 is 0 Å². The first-order chi connectivity index (χ1) is 10.2. The number of aliphatic hydroxyl groups excluding tert-OH is 1. The number of hydrogen-bond acceptors (Lipinski definition) is 6. The van der Waals surface area contributed by atoms with Crippen LogP contribution in [0.2, 0.25) is 0 Å². The summed E-state index contributed by atoms with van der Waals surface area (Å²) in [5.74, 6) is 0. The zero-order valence-electron chi connectivity index (χ0n) is 13.2. The van der Waals surface area contributed by atoms with Crippen LogP contribution in [0.15, 0.2) is 6.20 Å². The Bertz CT molecular complexity index is 367. The molecule has 7 heteroatoms. The fourth-order valence-corrected chi connectivity index (χ4v) is 1.77. The first-order valence-corrected chi connectivity index (χ1v) is 7.60. The second-order valence-corrected chi connectivity index (χ2v) is 4.69. The molecule has 1 aromatic heterocycles. The largest absolute Gasteiger partial charge is 0.389 e. The van der Waals surface area contributed by atoms with Crippen LogP contribution in [-0.4, -0.2) is 52.6 Å². The molecule has 0 aromatic carbocycles. The maximum absolute atomic E-state index is 9.88. The smallest absolute Gasteiger partial charge is 0.204 e. The topological polar surface area (TPSA) is 78.6 Å². The summed E-state index contributed by atoms with van der Waals surface area (Å²) in [6.45, 7) is 8.27. The monoisotopic (exact) mass is 301 g/mol. The van der Waals surface area contributed by atoms with E-state index >= 15 is 0 Å². The van der Waals surface area contributed by atoms with Crippen molar-refractivity contribution in [1.29, 1.82) is 0 Å². The maximum atomic E-state index is 9.88. The molecule has 1 heterocycles. The second kappa shape index (κ2) is 10.7. The molecular formula is C14H27N3O4. The molecule has 1 N–H and O–H groups in total. The third-order valence-corrected chi connectivity index (χ3v) is 2.78. The van der Waals surface area contributed by atoms with Gasteiger partial charge in [-0.05, 0) is 20.3 Å². The average molecular weight is 301 g/mol. The summed E-state index contributed by atoms with van der Waals surface area (Å²) in [4.78, 5) is 0. The van der Waals surface area contributed by atoms with Gasteiger partial charge in [0.2, 0.25) is 6.29 Å². The summed E-state index contributed by atoms with van der Waals surface area (Å²) in [6, 6.07) is 0. The first-order valence-electron chi connectivity index (χ1n) is 7.60. The molecule has 0 aliphatic rings. The van der Waals surface area contributed by atoms with Gasteiger partial charge in [-0.2, -0.15) is 0 Å². The molecule has 0 amide bonds. The van der Waals surface area contributed by atoms with Crippen LogP contribution in [0.1, 0.15) is 45.6 Å². The first kappa shape index (κ1) is 18.0. The van der Waals surface area contributed by atoms with Crippen molar-refractivity contribution in [3.63, 3.8) is 0 Å². The average Bonchev–Trinajstić information content (AvgIpc) is 2.92. The highest BCUT2D eigenvalue weighted by atomic mass is 16.7. The van der Waals surface area contributed by atoms with Crippen molar-refractivity contribution >= 4 is 0 Å². The molecule has 0 radical (unpaired) electrons. The Kier molecular flexibility index (Phi) is 9.16. The molecule has 0 aliphatic heterocycles. The van der Waals surface area contributed by atoms with Crippen LogP contribution < -0.4 is 0 Å². The number of aromatic nitrogens is 3. The summed E-state index contributed by atoms with van der Waals surface area (Å²) in [6.07, 6.45) is 2.70. The molecule has 0 aliphatic carbocycles. The van der Waals surface area contributed by atoms with Crippen LogP contribution in [0.4, 0.5) is 0 Å². The summed E-state index contributed by atoms with van der Waals surface area (Å²) in [7, 11) is 0. The van der Waals surface area contributed by atoms with Gasteiger partial charge in [-0.25, -0.2) is 4.68 Å². The van der Waals surface area contributed by atoms with Gasteiger partial charge < -0.3 is 19.3 Å². The van der Waals surface area contributed by atoms with E-state index in [9.17, 15) is 5.11 Å². The van der Waals surface area contributed by atoms with Crippen molar-refractivity contribution in [2.45, 2.75) is 52.6 Å². The maximum Gasteiger partial charge on any atom is 0.204 e. The van der Waals surface area contributed by atoms with Crippen LogP contribution in [0.3, 0.4) is 0 Å². The lowest BCUT2D eigenvalue weighted by Crippen LogP contribution is -2.22. The number of aliphatic hydroxyl groups is 1. The summed E-state index contributed by atoms with van der Waals surface area (Å²) in [5, 5.41) is 17.9. The minimum atomic E-state index is -0.603. The molecule has 1 rings (SSSR count). The normalized spacial score (nSPS) is 13.0. The zero-order chi connectivity index (χ0) is 15.5. The Labute approximate surface area is 126 Å². The van der Waals surface area contributed by atoms with E-state index in [1.54, 1.807) is 10.9 Å². The zero-order valence-corrected chi connectivity index (χ0v) is 13.2. The van der Waals surface area contributed by atoms with Gasteiger partial charge in [-0.15, -0.1) is 5.10 Å². The standard InChI is InChI=1S/C14H27N3O4/c1-4-7-8-19-11-12(18)9-17-10-13(15-16-17)14(20-5-2)21-6-3/h10,12,14,18H,4-9,11H2,1-3H3. The Hall–Kier alpha value is -1.02. The third kappa shape index (κ3) is 6.99. The van der Waals surface area contributed by atoms with Crippen LogP contribution in [0, 0.1) is 0 Å². The van der Waals surface area contributed by atoms with E-state index in [-0.39, 0.29) is 0 Å². The molecule has 0 fully saturated rings. The Balaban J connectivity index is 2.42. The molecule has 21 heavy (non-hydrogen) atoms. The Morgan fingerprint density at radius 1 is 1.24 bits per heavy atom. The number of ether oxygens (including phenoxy) is 3. The number of nitrogens with zero attached hydrogens (tertiary/aromatic N) is 3. The highest BCUT2D eigenvalue weighted by Crippen LogP contribution is 2.15. The third-order valence-electron chi connectivity index (χ3n) is 2.78. The number of hydrogen-bond donors (Lipinski definition) is 1. The predicted octanol–water partition coefficient (Wildman–Crippen LogP) is 1.53. The van der Waals surface area contributed by atoms with Crippen molar-refractivity contribution < 1.29 is 19.3 Å². The number of unbranched alkanes of at least 4 members (excludes halogenated alkanes) is 1. The van der Waals surface area contributed by atoms with Crippen LogP contribution in [-0.2, 0) is 20.8 Å². The summed E-state index contributed by atoms with van der Waals surface area (Å²) >= 11 is 0. The fraction of sp³-hybridized carbons (Fsp3) is 0.857. The van der Waals surface area contributed by atoms with Gasteiger partial charge in [0, 0.05) is 19.8 Å². The van der Waals surface area contributed by atoms with Crippen LogP contribution in [0.5, 0.6) is 0 Å². The predicted molar refractivity (Wildman–Crippen MR) is 77.7 cm³/mol. The lowest BCUT2D eigenvalue weighted by atomic mass is 10.3. The quantitative estimate of drug-likeness (QED) is 0.466. The lowest BCUT2D eigenvalue weighted by molar-refractivity contribution is -0.142. The van der Waals surface area contributed by atoms with E-state index in [0.717, 1.165) is 12.8 Å². The molecule has 0 saturated heterocycles. The van der Waals surface area contributed by atoms with Crippen LogP contribution in [0.25, 0.3) is 0 Å². The molecule has 1 atom stereocenters. The molecule has 1 aromatic rings. The van der Waals surface area contributed by atoms with Crippen molar-refractivity contribution in [1.82, 2.24) is 15.0 Å². The van der Waals surface area contributed by atoms with Crippen molar-refractivity contribution in [2.24, 2.45) is 0 Å². The molecule has 1 unspecified atom stereocenters. The number of rotatable bonds is 12. The van der Waals surface area contributed by atoms with E-state index in [1.807, 2.05) is 13.8 Å². The highest BCUT2D eigenvalue weighted by Gasteiger charge is 2.16. The minimum absolute atomic E-state index is 0.301. The Morgan fingerprint density at radius 2 is 1.95 bits per heavy atom. The molecule has 0 spiro atoms.